The Morgan fingerprint density at radius 1 is 0.280 bits per heavy atom. The Morgan fingerprint density at radius 2 is 0.520 bits per heavy atom. The number of hydrogen-bond acceptors (Lipinski definition) is 6. The van der Waals surface area contributed by atoms with Crippen LogP contribution in [0, 0.1) is 0 Å². The minimum atomic E-state index is -0.793. The van der Waals surface area contributed by atoms with Crippen LogP contribution < -0.4 is 0 Å². The minimum Gasteiger partial charge on any atom is -0.462 e. The molecule has 0 aliphatic rings. The van der Waals surface area contributed by atoms with Gasteiger partial charge in [-0.15, -0.1) is 0 Å². The second kappa shape index (κ2) is 62.4. The molecule has 0 rings (SSSR count). The predicted octanol–water partition coefficient (Wildman–Crippen LogP) is 21.2. The summed E-state index contributed by atoms with van der Waals surface area (Å²) < 4.78 is 16.9. The zero-order valence-electron chi connectivity index (χ0n) is 48.8. The minimum absolute atomic E-state index is 0.0899. The van der Waals surface area contributed by atoms with Crippen LogP contribution >= 0.6 is 0 Å². The first-order valence-electron chi connectivity index (χ1n) is 31.0. The largest absolute Gasteiger partial charge is 0.462 e. The summed E-state index contributed by atoms with van der Waals surface area (Å²) in [6.07, 6.45) is 86.3. The van der Waals surface area contributed by atoms with Crippen LogP contribution in [0.25, 0.3) is 0 Å². The molecule has 0 saturated carbocycles. The first-order valence-corrected chi connectivity index (χ1v) is 31.0. The van der Waals surface area contributed by atoms with Gasteiger partial charge in [-0.3, -0.25) is 14.4 Å². The summed E-state index contributed by atoms with van der Waals surface area (Å²) in [7, 11) is 0. The zero-order chi connectivity index (χ0) is 54.3. The molecule has 0 radical (unpaired) electrons. The number of esters is 3. The second-order valence-electron chi connectivity index (χ2n) is 20.2. The van der Waals surface area contributed by atoms with E-state index >= 15 is 0 Å². The lowest BCUT2D eigenvalue weighted by atomic mass is 10.0. The number of ether oxygens (including phenoxy) is 3. The molecule has 0 aromatic rings. The van der Waals surface area contributed by atoms with E-state index in [0.29, 0.717) is 19.3 Å². The van der Waals surface area contributed by atoms with Gasteiger partial charge in [0, 0.05) is 19.3 Å². The van der Waals surface area contributed by atoms with Gasteiger partial charge in [0.15, 0.2) is 6.10 Å². The molecule has 1 unspecified atom stereocenters. The third-order valence-corrected chi connectivity index (χ3v) is 12.9. The standard InChI is InChI=1S/C69H114O6/c1-4-7-10-13-16-19-22-24-26-28-30-31-32-33-34-35-36-37-39-40-42-44-47-50-53-56-59-62-68(71)74-65-66(64-73-67(70)61-58-55-52-49-46-21-18-15-12-9-6-3)75-69(72)63-60-57-54-51-48-45-43-41-38-29-27-25-23-20-17-14-11-8-5-2/h7-8,10-11,15-20,24-27,30-31,33-34,38,41,66H,4-6,9,12-14,21-23,28-29,32,35-37,39-40,42-65H2,1-3H3/b10-7-,11-8-,18-15-,19-16-,20-17-,26-24-,27-25-,31-30-,34-33-,41-38-. The molecule has 426 valence electrons. The molecule has 0 spiro atoms. The van der Waals surface area contributed by atoms with Gasteiger partial charge in [-0.05, 0) is 122 Å². The fourth-order valence-electron chi connectivity index (χ4n) is 8.32. The lowest BCUT2D eigenvalue weighted by molar-refractivity contribution is -0.167. The van der Waals surface area contributed by atoms with Gasteiger partial charge in [0.2, 0.25) is 0 Å². The number of rotatable bonds is 55. The van der Waals surface area contributed by atoms with E-state index in [9.17, 15) is 14.4 Å². The van der Waals surface area contributed by atoms with Crippen LogP contribution in [0.3, 0.4) is 0 Å². The van der Waals surface area contributed by atoms with Crippen molar-refractivity contribution in [2.24, 2.45) is 0 Å². The lowest BCUT2D eigenvalue weighted by Gasteiger charge is -2.18. The smallest absolute Gasteiger partial charge is 0.306 e. The SMILES string of the molecule is CC/C=C\C/C=C\C/C=C\C/C=C\C/C=C\CCCCCCCCCCCCCC(=O)OCC(COC(=O)CCCCCCC/C=C\CCCC)OC(=O)CCCCCCCC/C=C\C/C=C\C/C=C\C/C=C\CC. The van der Waals surface area contributed by atoms with Gasteiger partial charge in [0.1, 0.15) is 13.2 Å². The van der Waals surface area contributed by atoms with E-state index in [1.807, 2.05) is 0 Å². The van der Waals surface area contributed by atoms with Crippen LogP contribution in [0.4, 0.5) is 0 Å². The average Bonchev–Trinajstić information content (AvgIpc) is 3.41. The van der Waals surface area contributed by atoms with Crippen LogP contribution in [0.1, 0.15) is 278 Å². The van der Waals surface area contributed by atoms with Crippen molar-refractivity contribution in [3.63, 3.8) is 0 Å². The van der Waals surface area contributed by atoms with Gasteiger partial charge in [-0.25, -0.2) is 0 Å². The highest BCUT2D eigenvalue weighted by Gasteiger charge is 2.19. The van der Waals surface area contributed by atoms with Crippen molar-refractivity contribution in [3.8, 4) is 0 Å². The van der Waals surface area contributed by atoms with Gasteiger partial charge in [-0.2, -0.15) is 0 Å². The van der Waals surface area contributed by atoms with Crippen LogP contribution in [0.5, 0.6) is 0 Å². The molecule has 6 heteroatoms. The fourth-order valence-corrected chi connectivity index (χ4v) is 8.32. The van der Waals surface area contributed by atoms with E-state index in [-0.39, 0.29) is 31.1 Å². The Labute approximate surface area is 462 Å². The van der Waals surface area contributed by atoms with Crippen molar-refractivity contribution in [3.05, 3.63) is 122 Å². The Kier molecular flexibility index (Phi) is 58.9. The highest BCUT2D eigenvalue weighted by molar-refractivity contribution is 5.71. The van der Waals surface area contributed by atoms with Crippen LogP contribution in [0.2, 0.25) is 0 Å². The number of allylic oxidation sites excluding steroid dienone is 20. The topological polar surface area (TPSA) is 78.9 Å². The molecule has 0 fully saturated rings. The summed E-state index contributed by atoms with van der Waals surface area (Å²) in [6, 6.07) is 0. The van der Waals surface area contributed by atoms with Crippen molar-refractivity contribution in [1.29, 1.82) is 0 Å². The summed E-state index contributed by atoms with van der Waals surface area (Å²) >= 11 is 0. The van der Waals surface area contributed by atoms with Crippen molar-refractivity contribution < 1.29 is 28.6 Å². The third kappa shape index (κ3) is 60.6. The molecule has 0 bridgehead atoms. The van der Waals surface area contributed by atoms with E-state index in [1.165, 1.54) is 96.3 Å². The zero-order valence-corrected chi connectivity index (χ0v) is 48.8. The molecule has 0 aliphatic heterocycles. The predicted molar refractivity (Wildman–Crippen MR) is 325 cm³/mol. The molecule has 75 heavy (non-hydrogen) atoms. The molecular weight excluding hydrogens is 925 g/mol. The van der Waals surface area contributed by atoms with Crippen molar-refractivity contribution >= 4 is 17.9 Å². The second-order valence-corrected chi connectivity index (χ2v) is 20.2. The van der Waals surface area contributed by atoms with Crippen LogP contribution in [0.15, 0.2) is 122 Å². The Bertz CT molecular complexity index is 1570. The highest BCUT2D eigenvalue weighted by atomic mass is 16.6. The third-order valence-electron chi connectivity index (χ3n) is 12.9. The number of unbranched alkanes of at least 4 members (excludes halogenated alkanes) is 24. The summed E-state index contributed by atoms with van der Waals surface area (Å²) in [5.74, 6) is -0.915. The lowest BCUT2D eigenvalue weighted by Crippen LogP contribution is -2.30. The van der Waals surface area contributed by atoms with Crippen molar-refractivity contribution in [2.45, 2.75) is 284 Å². The molecule has 1 atom stereocenters. The Morgan fingerprint density at radius 3 is 0.827 bits per heavy atom. The Hall–Kier alpha value is -4.19. The number of carbonyl (C=O) groups is 3. The molecule has 6 nitrogen and oxygen atoms in total. The Balaban J connectivity index is 4.30. The molecule has 0 aliphatic carbocycles. The first kappa shape index (κ1) is 70.8. The maximum Gasteiger partial charge on any atom is 0.306 e. The van der Waals surface area contributed by atoms with Gasteiger partial charge in [0.25, 0.3) is 0 Å². The normalized spacial score (nSPS) is 12.9. The van der Waals surface area contributed by atoms with Gasteiger partial charge in [-0.1, -0.05) is 258 Å². The molecule has 0 saturated heterocycles. The quantitative estimate of drug-likeness (QED) is 0.0261. The van der Waals surface area contributed by atoms with E-state index < -0.39 is 6.10 Å². The van der Waals surface area contributed by atoms with Crippen LogP contribution in [-0.2, 0) is 28.6 Å². The molecular formula is C69H114O6. The summed E-state index contributed by atoms with van der Waals surface area (Å²) in [4.78, 5) is 38.2. The van der Waals surface area contributed by atoms with Crippen LogP contribution in [-0.4, -0.2) is 37.2 Å². The van der Waals surface area contributed by atoms with E-state index in [4.69, 9.17) is 14.2 Å². The van der Waals surface area contributed by atoms with Gasteiger partial charge >= 0.3 is 17.9 Å². The van der Waals surface area contributed by atoms with E-state index in [2.05, 4.69) is 142 Å². The van der Waals surface area contributed by atoms with Crippen molar-refractivity contribution in [1.82, 2.24) is 0 Å². The van der Waals surface area contributed by atoms with Crippen molar-refractivity contribution in [2.75, 3.05) is 13.2 Å². The van der Waals surface area contributed by atoms with E-state index in [1.54, 1.807) is 0 Å². The fraction of sp³-hybridized carbons (Fsp3) is 0.667. The monoisotopic (exact) mass is 1040 g/mol. The first-order chi connectivity index (χ1) is 37.0. The molecule has 0 amide bonds. The molecule has 0 heterocycles. The molecule has 0 N–H and O–H groups in total. The van der Waals surface area contributed by atoms with Gasteiger partial charge < -0.3 is 14.2 Å². The number of carbonyl (C=O) groups excluding carboxylic acids is 3. The highest BCUT2D eigenvalue weighted by Crippen LogP contribution is 2.15. The maximum absolute atomic E-state index is 12.9. The van der Waals surface area contributed by atoms with Gasteiger partial charge in [0.05, 0.1) is 0 Å². The summed E-state index contributed by atoms with van der Waals surface area (Å²) in [5, 5.41) is 0. The summed E-state index contributed by atoms with van der Waals surface area (Å²) in [6.45, 7) is 6.36. The number of hydrogen-bond donors (Lipinski definition) is 0. The maximum atomic E-state index is 12.9. The van der Waals surface area contributed by atoms with E-state index in [0.717, 1.165) is 141 Å². The molecule has 0 aromatic heterocycles. The molecule has 0 aromatic carbocycles. The summed E-state index contributed by atoms with van der Waals surface area (Å²) in [5.41, 5.74) is 0. The average molecular weight is 1040 g/mol.